The van der Waals surface area contributed by atoms with Gasteiger partial charge in [0.15, 0.2) is 21.5 Å². The Labute approximate surface area is 149 Å². The van der Waals surface area contributed by atoms with Gasteiger partial charge in [-0.1, -0.05) is 0 Å². The van der Waals surface area contributed by atoms with E-state index in [1.807, 2.05) is 11.8 Å². The van der Waals surface area contributed by atoms with E-state index in [0.29, 0.717) is 19.0 Å². The number of aromatic nitrogens is 1. The van der Waals surface area contributed by atoms with Crippen LogP contribution < -0.4 is 5.32 Å². The summed E-state index contributed by atoms with van der Waals surface area (Å²) in [4.78, 5) is 9.71. The molecule has 0 unspecified atom stereocenters. The standard InChI is InChI=1S/C14H21F3N4O2S2/c1-4-18-12(21-5-6-25(22,23)13(2,3)9-21)19-7-11-20-10(8-24-11)14(15,16)17/h8H,4-7,9H2,1-3H3,(H,18,19). The van der Waals surface area contributed by atoms with Crippen molar-refractivity contribution in [2.24, 2.45) is 4.99 Å². The fraction of sp³-hybridized carbons (Fsp3) is 0.714. The van der Waals surface area contributed by atoms with Gasteiger partial charge in [0.1, 0.15) is 5.01 Å². The predicted octanol–water partition coefficient (Wildman–Crippen LogP) is 2.14. The van der Waals surface area contributed by atoms with Crippen molar-refractivity contribution < 1.29 is 21.6 Å². The van der Waals surface area contributed by atoms with Crippen LogP contribution in [0.1, 0.15) is 31.5 Å². The first-order valence-electron chi connectivity index (χ1n) is 7.73. The Morgan fingerprint density at radius 1 is 1.48 bits per heavy atom. The molecule has 2 heterocycles. The molecule has 0 radical (unpaired) electrons. The summed E-state index contributed by atoms with van der Waals surface area (Å²) in [5.41, 5.74) is -0.919. The summed E-state index contributed by atoms with van der Waals surface area (Å²) in [6.07, 6.45) is -4.46. The Bertz CT molecular complexity index is 742. The fourth-order valence-corrected chi connectivity index (χ4v) is 4.50. The van der Waals surface area contributed by atoms with Crippen LogP contribution in [0.2, 0.25) is 0 Å². The second-order valence-corrected chi connectivity index (χ2v) is 9.98. The van der Waals surface area contributed by atoms with Gasteiger partial charge in [0, 0.05) is 25.0 Å². The highest BCUT2D eigenvalue weighted by Gasteiger charge is 2.41. The normalized spacial score (nSPS) is 20.6. The lowest BCUT2D eigenvalue weighted by molar-refractivity contribution is -0.140. The second-order valence-electron chi connectivity index (χ2n) is 6.29. The Morgan fingerprint density at radius 3 is 2.68 bits per heavy atom. The molecule has 0 atom stereocenters. The lowest BCUT2D eigenvalue weighted by Gasteiger charge is -2.39. The number of rotatable bonds is 3. The molecule has 0 saturated carbocycles. The van der Waals surface area contributed by atoms with Crippen molar-refractivity contribution in [2.75, 3.05) is 25.4 Å². The van der Waals surface area contributed by atoms with Crippen LogP contribution >= 0.6 is 11.3 Å². The van der Waals surface area contributed by atoms with Gasteiger partial charge in [-0.05, 0) is 20.8 Å². The molecule has 1 saturated heterocycles. The molecular formula is C14H21F3N4O2S2. The quantitative estimate of drug-likeness (QED) is 0.624. The van der Waals surface area contributed by atoms with E-state index in [4.69, 9.17) is 0 Å². The minimum absolute atomic E-state index is 0.00670. The number of halogens is 3. The van der Waals surface area contributed by atoms with Gasteiger partial charge in [0.05, 0.1) is 17.0 Å². The Kier molecular flexibility index (Phi) is 5.67. The molecule has 0 aliphatic carbocycles. The molecule has 0 aromatic carbocycles. The molecule has 1 aliphatic rings. The summed E-state index contributed by atoms with van der Waals surface area (Å²) in [6.45, 7) is 6.33. The van der Waals surface area contributed by atoms with Crippen molar-refractivity contribution in [3.8, 4) is 0 Å². The van der Waals surface area contributed by atoms with Crippen LogP contribution in [0.5, 0.6) is 0 Å². The summed E-state index contributed by atoms with van der Waals surface area (Å²) in [5, 5.41) is 4.28. The number of guanidine groups is 1. The van der Waals surface area contributed by atoms with Crippen LogP contribution in [0, 0.1) is 0 Å². The van der Waals surface area contributed by atoms with Gasteiger partial charge in [-0.15, -0.1) is 11.3 Å². The van der Waals surface area contributed by atoms with Crippen molar-refractivity contribution >= 4 is 27.1 Å². The van der Waals surface area contributed by atoms with E-state index in [1.54, 1.807) is 13.8 Å². The summed E-state index contributed by atoms with van der Waals surface area (Å²) in [7, 11) is -3.18. The van der Waals surface area contributed by atoms with Gasteiger partial charge in [0.2, 0.25) is 0 Å². The van der Waals surface area contributed by atoms with Crippen LogP contribution in [0.25, 0.3) is 0 Å². The fourth-order valence-electron chi connectivity index (χ4n) is 2.41. The maximum atomic E-state index is 12.6. The van der Waals surface area contributed by atoms with Gasteiger partial charge in [-0.25, -0.2) is 18.4 Å². The number of alkyl halides is 3. The van der Waals surface area contributed by atoms with Crippen molar-refractivity contribution in [2.45, 2.75) is 38.2 Å². The summed E-state index contributed by atoms with van der Waals surface area (Å²) >= 11 is 0.902. The van der Waals surface area contributed by atoms with Gasteiger partial charge in [-0.3, -0.25) is 0 Å². The zero-order valence-corrected chi connectivity index (χ0v) is 15.9. The van der Waals surface area contributed by atoms with E-state index in [2.05, 4.69) is 15.3 Å². The number of nitrogens with zero attached hydrogens (tertiary/aromatic N) is 3. The van der Waals surface area contributed by atoms with Crippen molar-refractivity contribution in [1.82, 2.24) is 15.2 Å². The monoisotopic (exact) mass is 398 g/mol. The molecule has 0 amide bonds. The maximum Gasteiger partial charge on any atom is 0.434 e. The van der Waals surface area contributed by atoms with Gasteiger partial charge in [0.25, 0.3) is 0 Å². The van der Waals surface area contributed by atoms with Crippen molar-refractivity contribution in [3.05, 3.63) is 16.1 Å². The third-order valence-electron chi connectivity index (χ3n) is 3.88. The van der Waals surface area contributed by atoms with E-state index < -0.39 is 26.5 Å². The molecule has 1 fully saturated rings. The summed E-state index contributed by atoms with van der Waals surface area (Å²) in [6, 6.07) is 0. The molecule has 1 aliphatic heterocycles. The van der Waals surface area contributed by atoms with E-state index in [-0.39, 0.29) is 23.8 Å². The van der Waals surface area contributed by atoms with Crippen molar-refractivity contribution in [3.63, 3.8) is 0 Å². The Morgan fingerprint density at radius 2 is 2.16 bits per heavy atom. The molecular weight excluding hydrogens is 377 g/mol. The maximum absolute atomic E-state index is 12.6. The zero-order chi connectivity index (χ0) is 18.9. The molecule has 0 spiro atoms. The number of hydrogen-bond donors (Lipinski definition) is 1. The largest absolute Gasteiger partial charge is 0.434 e. The molecule has 2 rings (SSSR count). The minimum Gasteiger partial charge on any atom is -0.357 e. The zero-order valence-electron chi connectivity index (χ0n) is 14.2. The molecule has 25 heavy (non-hydrogen) atoms. The SMILES string of the molecule is CCNC(=NCc1nc(C(F)(F)F)cs1)N1CCS(=O)(=O)C(C)(C)C1. The first-order valence-corrected chi connectivity index (χ1v) is 10.3. The average molecular weight is 398 g/mol. The van der Waals surface area contributed by atoms with E-state index in [9.17, 15) is 21.6 Å². The topological polar surface area (TPSA) is 74.7 Å². The molecule has 0 bridgehead atoms. The van der Waals surface area contributed by atoms with Crippen LogP contribution in [-0.2, 0) is 22.6 Å². The third-order valence-corrected chi connectivity index (χ3v) is 7.25. The average Bonchev–Trinajstić information content (AvgIpc) is 2.95. The summed E-state index contributed by atoms with van der Waals surface area (Å²) < 4.78 is 61.1. The first kappa shape index (κ1) is 20.0. The van der Waals surface area contributed by atoms with Crippen LogP contribution in [0.3, 0.4) is 0 Å². The molecule has 1 N–H and O–H groups in total. The van der Waals surface area contributed by atoms with Crippen LogP contribution in [0.15, 0.2) is 10.4 Å². The highest BCUT2D eigenvalue weighted by Crippen LogP contribution is 2.30. The van der Waals surface area contributed by atoms with E-state index in [1.165, 1.54) is 0 Å². The van der Waals surface area contributed by atoms with Crippen molar-refractivity contribution in [1.29, 1.82) is 0 Å². The van der Waals surface area contributed by atoms with Gasteiger partial charge >= 0.3 is 6.18 Å². The molecule has 1 aromatic heterocycles. The number of hydrogen-bond acceptors (Lipinski definition) is 5. The van der Waals surface area contributed by atoms with Crippen LogP contribution in [0.4, 0.5) is 13.2 Å². The number of nitrogens with one attached hydrogen (secondary N) is 1. The smallest absolute Gasteiger partial charge is 0.357 e. The van der Waals surface area contributed by atoms with E-state index >= 15 is 0 Å². The Balaban J connectivity index is 2.15. The van der Waals surface area contributed by atoms with E-state index in [0.717, 1.165) is 16.7 Å². The molecule has 1 aromatic rings. The number of sulfone groups is 1. The summed E-state index contributed by atoms with van der Waals surface area (Å²) in [5.74, 6) is 0.495. The lowest BCUT2D eigenvalue weighted by Crippen LogP contribution is -2.57. The van der Waals surface area contributed by atoms with Gasteiger partial charge < -0.3 is 10.2 Å². The number of thiazole rings is 1. The minimum atomic E-state index is -4.46. The predicted molar refractivity (Wildman–Crippen MR) is 91.4 cm³/mol. The van der Waals surface area contributed by atoms with Gasteiger partial charge in [-0.2, -0.15) is 13.2 Å². The third kappa shape index (κ3) is 4.63. The molecule has 11 heteroatoms. The first-order chi connectivity index (χ1) is 11.5. The molecule has 142 valence electrons. The highest BCUT2D eigenvalue weighted by atomic mass is 32.2. The second kappa shape index (κ2) is 7.10. The number of aliphatic imine (C=N–C) groups is 1. The lowest BCUT2D eigenvalue weighted by atomic mass is 10.2. The Hall–Kier alpha value is -1.36. The highest BCUT2D eigenvalue weighted by molar-refractivity contribution is 7.92. The molecule has 6 nitrogen and oxygen atoms in total. The van der Waals surface area contributed by atoms with Crippen LogP contribution in [-0.4, -0.2) is 54.4 Å².